The fraction of sp³-hybridized carbons (Fsp3) is 0.385. The Labute approximate surface area is 98.3 Å². The van der Waals surface area contributed by atoms with Gasteiger partial charge in [-0.15, -0.1) is 0 Å². The van der Waals surface area contributed by atoms with Crippen LogP contribution in [-0.2, 0) is 12.8 Å². The maximum atomic E-state index is 13.4. The molecule has 1 aromatic rings. The molecule has 0 saturated heterocycles. The molecule has 0 N–H and O–H groups in total. The Morgan fingerprint density at radius 2 is 2.13 bits per heavy atom. The highest BCUT2D eigenvalue weighted by molar-refractivity contribution is 9.10. The number of fused-ring (bicyclic) bond motifs is 1. The lowest BCUT2D eigenvalue weighted by Crippen LogP contribution is -2.04. The van der Waals surface area contributed by atoms with Gasteiger partial charge in [-0.1, -0.05) is 25.0 Å². The summed E-state index contributed by atoms with van der Waals surface area (Å²) in [5, 5.41) is 0. The zero-order valence-corrected chi connectivity index (χ0v) is 10.4. The van der Waals surface area contributed by atoms with Gasteiger partial charge >= 0.3 is 0 Å². The topological polar surface area (TPSA) is 0 Å². The van der Waals surface area contributed by atoms with Gasteiger partial charge in [-0.25, -0.2) is 4.39 Å². The van der Waals surface area contributed by atoms with Crippen LogP contribution < -0.4 is 0 Å². The standard InChI is InChI=1S/C13H14BrF/c1-2-3-9-4-5-10-7-12(14)13(15)8-11(10)6-9/h4,7-8H,2-3,5-6H2,1H3. The first-order chi connectivity index (χ1) is 7.20. The van der Waals surface area contributed by atoms with Crippen molar-refractivity contribution in [1.29, 1.82) is 0 Å². The molecule has 0 spiro atoms. The molecular weight excluding hydrogens is 255 g/mol. The molecule has 0 fully saturated rings. The number of benzene rings is 1. The highest BCUT2D eigenvalue weighted by Gasteiger charge is 2.13. The molecular formula is C13H14BrF. The van der Waals surface area contributed by atoms with Crippen LogP contribution in [0.3, 0.4) is 0 Å². The molecule has 2 rings (SSSR count). The van der Waals surface area contributed by atoms with E-state index in [2.05, 4.69) is 28.9 Å². The van der Waals surface area contributed by atoms with Gasteiger partial charge in [0.1, 0.15) is 5.82 Å². The molecule has 1 aromatic carbocycles. The molecule has 0 atom stereocenters. The quantitative estimate of drug-likeness (QED) is 0.697. The third-order valence-electron chi connectivity index (χ3n) is 2.84. The Morgan fingerprint density at radius 1 is 1.33 bits per heavy atom. The number of hydrogen-bond acceptors (Lipinski definition) is 0. The van der Waals surface area contributed by atoms with Crippen molar-refractivity contribution < 1.29 is 4.39 Å². The molecule has 0 bridgehead atoms. The minimum Gasteiger partial charge on any atom is -0.206 e. The Bertz CT molecular complexity index is 407. The van der Waals surface area contributed by atoms with Gasteiger partial charge in [-0.05, 0) is 58.5 Å². The lowest BCUT2D eigenvalue weighted by atomic mass is 9.90. The van der Waals surface area contributed by atoms with Crippen LogP contribution in [0.2, 0.25) is 0 Å². The molecule has 0 unspecified atom stereocenters. The van der Waals surface area contributed by atoms with Crippen molar-refractivity contribution >= 4 is 15.9 Å². The van der Waals surface area contributed by atoms with Gasteiger partial charge in [-0.3, -0.25) is 0 Å². The third-order valence-corrected chi connectivity index (χ3v) is 3.45. The van der Waals surface area contributed by atoms with Gasteiger partial charge in [0.2, 0.25) is 0 Å². The molecule has 1 aliphatic rings. The minimum absolute atomic E-state index is 0.147. The van der Waals surface area contributed by atoms with Crippen LogP contribution in [0.5, 0.6) is 0 Å². The number of halogens is 2. The summed E-state index contributed by atoms with van der Waals surface area (Å²) in [6.07, 6.45) is 6.46. The largest absolute Gasteiger partial charge is 0.206 e. The summed E-state index contributed by atoms with van der Waals surface area (Å²) in [5.41, 5.74) is 3.86. The minimum atomic E-state index is -0.147. The SMILES string of the molecule is CCCC1=CCc2cc(Br)c(F)cc2C1. The molecule has 0 nitrogen and oxygen atoms in total. The summed E-state index contributed by atoms with van der Waals surface area (Å²) in [7, 11) is 0. The summed E-state index contributed by atoms with van der Waals surface area (Å²) in [5.74, 6) is -0.147. The predicted octanol–water partition coefficient (Wildman–Crippen LogP) is 4.41. The van der Waals surface area contributed by atoms with E-state index in [1.54, 1.807) is 6.07 Å². The van der Waals surface area contributed by atoms with Crippen molar-refractivity contribution in [3.05, 3.63) is 45.2 Å². The predicted molar refractivity (Wildman–Crippen MR) is 64.5 cm³/mol. The molecule has 0 aromatic heterocycles. The van der Waals surface area contributed by atoms with Crippen molar-refractivity contribution in [1.82, 2.24) is 0 Å². The smallest absolute Gasteiger partial charge is 0.137 e. The molecule has 1 aliphatic carbocycles. The van der Waals surface area contributed by atoms with Crippen LogP contribution >= 0.6 is 15.9 Å². The monoisotopic (exact) mass is 268 g/mol. The zero-order valence-electron chi connectivity index (χ0n) is 8.82. The second kappa shape index (κ2) is 4.48. The number of allylic oxidation sites excluding steroid dienone is 2. The average molecular weight is 269 g/mol. The van der Waals surface area contributed by atoms with Gasteiger partial charge in [0.25, 0.3) is 0 Å². The van der Waals surface area contributed by atoms with Gasteiger partial charge in [0, 0.05) is 0 Å². The lowest BCUT2D eigenvalue weighted by Gasteiger charge is -2.17. The summed E-state index contributed by atoms with van der Waals surface area (Å²) in [4.78, 5) is 0. The van der Waals surface area contributed by atoms with E-state index in [0.717, 1.165) is 24.8 Å². The third kappa shape index (κ3) is 2.31. The fourth-order valence-electron chi connectivity index (χ4n) is 2.07. The van der Waals surface area contributed by atoms with Gasteiger partial charge in [-0.2, -0.15) is 0 Å². The molecule has 0 saturated carbocycles. The van der Waals surface area contributed by atoms with Crippen LogP contribution in [0.15, 0.2) is 28.3 Å². The molecule has 2 heteroatoms. The molecule has 80 valence electrons. The summed E-state index contributed by atoms with van der Waals surface area (Å²) >= 11 is 3.22. The van der Waals surface area contributed by atoms with E-state index >= 15 is 0 Å². The molecule has 0 aliphatic heterocycles. The van der Waals surface area contributed by atoms with Crippen LogP contribution in [0, 0.1) is 5.82 Å². The highest BCUT2D eigenvalue weighted by Crippen LogP contribution is 2.28. The summed E-state index contributed by atoms with van der Waals surface area (Å²) in [6.45, 7) is 2.18. The van der Waals surface area contributed by atoms with Crippen LogP contribution in [0.1, 0.15) is 30.9 Å². The molecule has 0 heterocycles. The molecule has 0 radical (unpaired) electrons. The Balaban J connectivity index is 2.28. The van der Waals surface area contributed by atoms with E-state index in [1.165, 1.54) is 17.6 Å². The van der Waals surface area contributed by atoms with Crippen molar-refractivity contribution in [3.63, 3.8) is 0 Å². The van der Waals surface area contributed by atoms with E-state index in [4.69, 9.17) is 0 Å². The van der Waals surface area contributed by atoms with E-state index in [-0.39, 0.29) is 5.82 Å². The first-order valence-corrected chi connectivity index (χ1v) is 6.14. The Kier molecular flexibility index (Phi) is 3.25. The Morgan fingerprint density at radius 3 is 2.87 bits per heavy atom. The molecule has 15 heavy (non-hydrogen) atoms. The first-order valence-electron chi connectivity index (χ1n) is 5.35. The number of rotatable bonds is 2. The second-order valence-electron chi connectivity index (χ2n) is 4.03. The van der Waals surface area contributed by atoms with Gasteiger partial charge < -0.3 is 0 Å². The van der Waals surface area contributed by atoms with Crippen LogP contribution in [0.25, 0.3) is 0 Å². The van der Waals surface area contributed by atoms with Gasteiger partial charge in [0.15, 0.2) is 0 Å². The summed E-state index contributed by atoms with van der Waals surface area (Å²) in [6, 6.07) is 3.58. The van der Waals surface area contributed by atoms with E-state index < -0.39 is 0 Å². The van der Waals surface area contributed by atoms with Crippen molar-refractivity contribution in [2.75, 3.05) is 0 Å². The highest BCUT2D eigenvalue weighted by atomic mass is 79.9. The normalized spacial score (nSPS) is 14.7. The zero-order chi connectivity index (χ0) is 10.8. The van der Waals surface area contributed by atoms with Crippen molar-refractivity contribution in [3.8, 4) is 0 Å². The fourth-order valence-corrected chi connectivity index (χ4v) is 2.46. The number of hydrogen-bond donors (Lipinski definition) is 0. The molecule has 0 amide bonds. The van der Waals surface area contributed by atoms with E-state index in [9.17, 15) is 4.39 Å². The average Bonchev–Trinajstić information content (AvgIpc) is 2.21. The van der Waals surface area contributed by atoms with Crippen LogP contribution in [-0.4, -0.2) is 0 Å². The maximum Gasteiger partial charge on any atom is 0.137 e. The Hall–Kier alpha value is -0.630. The van der Waals surface area contributed by atoms with Crippen LogP contribution in [0.4, 0.5) is 4.39 Å². The van der Waals surface area contributed by atoms with Crippen molar-refractivity contribution in [2.24, 2.45) is 0 Å². The van der Waals surface area contributed by atoms with E-state index in [0.29, 0.717) is 4.47 Å². The van der Waals surface area contributed by atoms with Crippen molar-refractivity contribution in [2.45, 2.75) is 32.6 Å². The lowest BCUT2D eigenvalue weighted by molar-refractivity contribution is 0.617. The second-order valence-corrected chi connectivity index (χ2v) is 4.88. The van der Waals surface area contributed by atoms with Gasteiger partial charge in [0.05, 0.1) is 4.47 Å². The summed E-state index contributed by atoms with van der Waals surface area (Å²) < 4.78 is 13.9. The first kappa shape index (κ1) is 10.9. The maximum absolute atomic E-state index is 13.4. The van der Waals surface area contributed by atoms with E-state index in [1.807, 2.05) is 6.07 Å².